The van der Waals surface area contributed by atoms with Crippen LogP contribution in [0.4, 0.5) is 0 Å². The fraction of sp³-hybridized carbons (Fsp3) is 0.381. The zero-order valence-electron chi connectivity index (χ0n) is 16.8. The molecule has 2 aromatic rings. The maximum Gasteiger partial charge on any atom is 0.191 e. The van der Waals surface area contributed by atoms with Crippen LogP contribution in [0.2, 0.25) is 0 Å². The Labute approximate surface area is 180 Å². The molecule has 1 unspecified atom stereocenters. The van der Waals surface area contributed by atoms with E-state index in [2.05, 4.69) is 71.9 Å². The second-order valence-corrected chi connectivity index (χ2v) is 6.52. The standard InChI is InChI=1S/C21H30N4O.HI/c1-16-9-8-10-17(13-16)14-23-21(22-2)24-15-19(25(3)4)18-11-6-7-12-20(18)26-5;/h6-13,19H,14-15H2,1-5H3,(H2,22,23,24);1H. The van der Waals surface area contributed by atoms with Crippen molar-refractivity contribution in [1.29, 1.82) is 0 Å². The van der Waals surface area contributed by atoms with Crippen molar-refractivity contribution in [2.45, 2.75) is 19.5 Å². The molecule has 148 valence electrons. The van der Waals surface area contributed by atoms with E-state index in [9.17, 15) is 0 Å². The summed E-state index contributed by atoms with van der Waals surface area (Å²) < 4.78 is 5.53. The summed E-state index contributed by atoms with van der Waals surface area (Å²) in [6.45, 7) is 3.56. The van der Waals surface area contributed by atoms with Gasteiger partial charge in [-0.25, -0.2) is 0 Å². The number of ether oxygens (including phenoxy) is 1. The molecule has 1 atom stereocenters. The smallest absolute Gasteiger partial charge is 0.191 e. The predicted octanol–water partition coefficient (Wildman–Crippen LogP) is 3.59. The van der Waals surface area contributed by atoms with Crippen LogP contribution in [0.3, 0.4) is 0 Å². The second-order valence-electron chi connectivity index (χ2n) is 6.52. The Bertz CT molecular complexity index is 734. The van der Waals surface area contributed by atoms with Crippen LogP contribution in [-0.2, 0) is 6.54 Å². The summed E-state index contributed by atoms with van der Waals surface area (Å²) in [5.74, 6) is 1.68. The van der Waals surface area contributed by atoms with Crippen molar-refractivity contribution < 1.29 is 4.74 Å². The van der Waals surface area contributed by atoms with Gasteiger partial charge in [0.15, 0.2) is 5.96 Å². The van der Waals surface area contributed by atoms with Gasteiger partial charge in [0.1, 0.15) is 5.75 Å². The highest BCUT2D eigenvalue weighted by Gasteiger charge is 2.18. The number of hydrogen-bond donors (Lipinski definition) is 2. The number of methoxy groups -OCH3 is 1. The van der Waals surface area contributed by atoms with E-state index >= 15 is 0 Å². The van der Waals surface area contributed by atoms with E-state index < -0.39 is 0 Å². The summed E-state index contributed by atoms with van der Waals surface area (Å²) in [5.41, 5.74) is 3.65. The Morgan fingerprint density at radius 2 is 1.85 bits per heavy atom. The average molecular weight is 482 g/mol. The number of nitrogens with zero attached hydrogens (tertiary/aromatic N) is 2. The van der Waals surface area contributed by atoms with Crippen LogP contribution in [0.5, 0.6) is 5.75 Å². The quantitative estimate of drug-likeness (QED) is 0.360. The van der Waals surface area contributed by atoms with Crippen molar-refractivity contribution in [2.75, 3.05) is 34.8 Å². The normalized spacial score (nSPS) is 12.3. The highest BCUT2D eigenvalue weighted by Crippen LogP contribution is 2.27. The SMILES string of the molecule is CN=C(NCc1cccc(C)c1)NCC(c1ccccc1OC)N(C)C.I. The van der Waals surface area contributed by atoms with E-state index in [0.29, 0.717) is 0 Å². The van der Waals surface area contributed by atoms with Crippen LogP contribution in [0, 0.1) is 6.92 Å². The minimum Gasteiger partial charge on any atom is -0.496 e. The average Bonchev–Trinajstić information content (AvgIpc) is 2.64. The Morgan fingerprint density at radius 1 is 1.11 bits per heavy atom. The third-order valence-corrected chi connectivity index (χ3v) is 4.35. The third-order valence-electron chi connectivity index (χ3n) is 4.35. The van der Waals surface area contributed by atoms with E-state index in [-0.39, 0.29) is 30.0 Å². The summed E-state index contributed by atoms with van der Waals surface area (Å²) >= 11 is 0. The van der Waals surface area contributed by atoms with Gasteiger partial charge in [-0.3, -0.25) is 4.99 Å². The first-order valence-electron chi connectivity index (χ1n) is 8.84. The highest BCUT2D eigenvalue weighted by molar-refractivity contribution is 14.0. The molecule has 0 radical (unpaired) electrons. The number of para-hydroxylation sites is 1. The van der Waals surface area contributed by atoms with Crippen LogP contribution in [-0.4, -0.2) is 45.7 Å². The second kappa shape index (κ2) is 11.8. The number of rotatable bonds is 7. The van der Waals surface area contributed by atoms with Crippen LogP contribution in [0.1, 0.15) is 22.7 Å². The van der Waals surface area contributed by atoms with Crippen LogP contribution < -0.4 is 15.4 Å². The summed E-state index contributed by atoms with van der Waals surface area (Å²) in [6, 6.07) is 16.8. The molecule has 0 heterocycles. The number of likely N-dealkylation sites (N-methyl/N-ethyl adjacent to an activating group) is 1. The molecule has 0 saturated carbocycles. The molecule has 27 heavy (non-hydrogen) atoms. The number of halogens is 1. The first kappa shape index (κ1) is 23.2. The van der Waals surface area contributed by atoms with Crippen LogP contribution in [0.25, 0.3) is 0 Å². The van der Waals surface area contributed by atoms with Gasteiger partial charge in [-0.15, -0.1) is 24.0 Å². The Balaban J connectivity index is 0.00000364. The summed E-state index contributed by atoms with van der Waals surface area (Å²) in [5, 5.41) is 6.80. The lowest BCUT2D eigenvalue weighted by Crippen LogP contribution is -2.41. The highest BCUT2D eigenvalue weighted by atomic mass is 127. The maximum absolute atomic E-state index is 5.53. The maximum atomic E-state index is 5.53. The van der Waals surface area contributed by atoms with Gasteiger partial charge in [0, 0.05) is 25.7 Å². The van der Waals surface area contributed by atoms with Gasteiger partial charge in [-0.1, -0.05) is 48.0 Å². The van der Waals surface area contributed by atoms with Crippen LogP contribution in [0.15, 0.2) is 53.5 Å². The number of hydrogen-bond acceptors (Lipinski definition) is 3. The molecule has 2 aromatic carbocycles. The van der Waals surface area contributed by atoms with Crippen molar-refractivity contribution in [3.05, 3.63) is 65.2 Å². The molecule has 0 saturated heterocycles. The van der Waals surface area contributed by atoms with Crippen molar-refractivity contribution in [1.82, 2.24) is 15.5 Å². The van der Waals surface area contributed by atoms with Crippen molar-refractivity contribution in [3.63, 3.8) is 0 Å². The van der Waals surface area contributed by atoms with Crippen molar-refractivity contribution >= 4 is 29.9 Å². The van der Waals surface area contributed by atoms with Gasteiger partial charge in [0.25, 0.3) is 0 Å². The molecule has 0 amide bonds. The molecule has 2 N–H and O–H groups in total. The van der Waals surface area contributed by atoms with Crippen LogP contribution >= 0.6 is 24.0 Å². The predicted molar refractivity (Wildman–Crippen MR) is 124 cm³/mol. The molecular formula is C21H31IN4O. The largest absolute Gasteiger partial charge is 0.496 e. The Morgan fingerprint density at radius 3 is 2.48 bits per heavy atom. The van der Waals surface area contributed by atoms with Crippen molar-refractivity contribution in [3.8, 4) is 5.75 Å². The fourth-order valence-electron chi connectivity index (χ4n) is 2.93. The minimum atomic E-state index is 0. The summed E-state index contributed by atoms with van der Waals surface area (Å²) in [7, 11) is 7.64. The summed E-state index contributed by atoms with van der Waals surface area (Å²) in [6.07, 6.45) is 0. The third kappa shape index (κ3) is 7.03. The van der Waals surface area contributed by atoms with E-state index in [1.54, 1.807) is 14.2 Å². The Kier molecular flexibility index (Phi) is 10.2. The fourth-order valence-corrected chi connectivity index (χ4v) is 2.93. The molecule has 0 aliphatic carbocycles. The lowest BCUT2D eigenvalue weighted by Gasteiger charge is -2.27. The first-order valence-corrected chi connectivity index (χ1v) is 8.84. The zero-order valence-corrected chi connectivity index (χ0v) is 19.2. The molecule has 2 rings (SSSR count). The van der Waals surface area contributed by atoms with Gasteiger partial charge in [0.2, 0.25) is 0 Å². The molecule has 0 bridgehead atoms. The van der Waals surface area contributed by atoms with Gasteiger partial charge in [0.05, 0.1) is 13.2 Å². The van der Waals surface area contributed by atoms with Gasteiger partial charge >= 0.3 is 0 Å². The number of aliphatic imine (C=N–C) groups is 1. The molecule has 0 aliphatic heterocycles. The number of benzene rings is 2. The van der Waals surface area contributed by atoms with Crippen molar-refractivity contribution in [2.24, 2.45) is 4.99 Å². The molecule has 0 spiro atoms. The monoisotopic (exact) mass is 482 g/mol. The zero-order chi connectivity index (χ0) is 18.9. The molecule has 5 nitrogen and oxygen atoms in total. The molecule has 6 heteroatoms. The lowest BCUT2D eigenvalue weighted by molar-refractivity contribution is 0.287. The topological polar surface area (TPSA) is 48.9 Å². The Hall–Kier alpha value is -1.80. The molecule has 0 aliphatic rings. The number of guanidine groups is 1. The molecule has 0 aromatic heterocycles. The van der Waals surface area contributed by atoms with E-state index in [1.165, 1.54) is 11.1 Å². The van der Waals surface area contributed by atoms with Gasteiger partial charge in [-0.2, -0.15) is 0 Å². The van der Waals surface area contributed by atoms with E-state index in [4.69, 9.17) is 4.74 Å². The van der Waals surface area contributed by atoms with E-state index in [0.717, 1.165) is 30.4 Å². The first-order chi connectivity index (χ1) is 12.5. The summed E-state index contributed by atoms with van der Waals surface area (Å²) in [4.78, 5) is 6.52. The molecule has 0 fully saturated rings. The molecular weight excluding hydrogens is 451 g/mol. The van der Waals surface area contributed by atoms with Gasteiger partial charge in [-0.05, 0) is 32.6 Å². The van der Waals surface area contributed by atoms with Gasteiger partial charge < -0.3 is 20.3 Å². The number of aryl methyl sites for hydroxylation is 1. The minimum absolute atomic E-state index is 0. The van der Waals surface area contributed by atoms with E-state index in [1.807, 2.05) is 18.2 Å². The number of nitrogens with one attached hydrogen (secondary N) is 2. The lowest BCUT2D eigenvalue weighted by atomic mass is 10.0.